The van der Waals surface area contributed by atoms with Crippen LogP contribution in [0.2, 0.25) is 0 Å². The van der Waals surface area contributed by atoms with E-state index in [1.165, 1.54) is 16.6 Å². The molecule has 1 aliphatic rings. The zero-order valence-electron chi connectivity index (χ0n) is 14.5. The van der Waals surface area contributed by atoms with Crippen LogP contribution >= 0.6 is 0 Å². The van der Waals surface area contributed by atoms with Crippen molar-refractivity contribution in [3.05, 3.63) is 36.5 Å². The summed E-state index contributed by atoms with van der Waals surface area (Å²) in [7, 11) is -3.89. The topological polar surface area (TPSA) is 83.7 Å². The van der Waals surface area contributed by atoms with Crippen LogP contribution in [0.25, 0.3) is 11.3 Å². The van der Waals surface area contributed by atoms with E-state index in [1.807, 2.05) is 6.92 Å². The molecule has 1 aliphatic heterocycles. The summed E-state index contributed by atoms with van der Waals surface area (Å²) < 4.78 is 33.1. The largest absolute Gasteiger partial charge is 0.356 e. The molecule has 1 saturated heterocycles. The third kappa shape index (κ3) is 2.85. The Morgan fingerprint density at radius 1 is 1.20 bits per heavy atom. The van der Waals surface area contributed by atoms with E-state index in [1.54, 1.807) is 43.0 Å². The highest BCUT2D eigenvalue weighted by Crippen LogP contribution is 2.34. The number of likely N-dealkylation sites (N-methyl/N-ethyl adjacent to an activating group) is 1. The molecule has 1 aromatic heterocycles. The quantitative estimate of drug-likeness (QED) is 0.829. The van der Waals surface area contributed by atoms with Crippen molar-refractivity contribution in [3.63, 3.8) is 0 Å². The van der Waals surface area contributed by atoms with Crippen molar-refractivity contribution in [3.8, 4) is 11.3 Å². The SMILES string of the molecule is CCN1CCN(S(=O)(=O)c2ccccc2-c2ccno2)C(C)(C)C1=O. The molecule has 134 valence electrons. The van der Waals surface area contributed by atoms with Gasteiger partial charge in [0.1, 0.15) is 5.54 Å². The average molecular weight is 363 g/mol. The molecule has 1 aromatic carbocycles. The summed E-state index contributed by atoms with van der Waals surface area (Å²) in [6.07, 6.45) is 1.46. The Hall–Kier alpha value is -2.19. The summed E-state index contributed by atoms with van der Waals surface area (Å²) in [5.41, 5.74) is -0.720. The van der Waals surface area contributed by atoms with E-state index in [-0.39, 0.29) is 17.3 Å². The first-order valence-corrected chi connectivity index (χ1v) is 9.56. The van der Waals surface area contributed by atoms with Crippen molar-refractivity contribution in [1.29, 1.82) is 0 Å². The number of benzene rings is 1. The van der Waals surface area contributed by atoms with Gasteiger partial charge in [-0.1, -0.05) is 17.3 Å². The van der Waals surface area contributed by atoms with Crippen molar-refractivity contribution >= 4 is 15.9 Å². The minimum absolute atomic E-state index is 0.109. The number of nitrogens with zero attached hydrogens (tertiary/aromatic N) is 3. The number of rotatable bonds is 4. The van der Waals surface area contributed by atoms with Crippen LogP contribution in [0.15, 0.2) is 45.9 Å². The van der Waals surface area contributed by atoms with Gasteiger partial charge in [0.2, 0.25) is 15.9 Å². The molecule has 3 rings (SSSR count). The van der Waals surface area contributed by atoms with Gasteiger partial charge in [-0.2, -0.15) is 4.31 Å². The zero-order valence-corrected chi connectivity index (χ0v) is 15.3. The normalized spacial score (nSPS) is 18.5. The molecule has 2 aromatic rings. The zero-order chi connectivity index (χ0) is 18.2. The van der Waals surface area contributed by atoms with E-state index >= 15 is 0 Å². The fraction of sp³-hybridized carbons (Fsp3) is 0.412. The summed E-state index contributed by atoms with van der Waals surface area (Å²) in [5.74, 6) is 0.178. The molecule has 0 radical (unpaired) electrons. The van der Waals surface area contributed by atoms with Crippen molar-refractivity contribution in [2.45, 2.75) is 31.2 Å². The van der Waals surface area contributed by atoms with Gasteiger partial charge in [0, 0.05) is 31.3 Å². The highest BCUT2D eigenvalue weighted by atomic mass is 32.2. The van der Waals surface area contributed by atoms with Crippen molar-refractivity contribution in [2.75, 3.05) is 19.6 Å². The number of hydrogen-bond acceptors (Lipinski definition) is 5. The van der Waals surface area contributed by atoms with E-state index in [4.69, 9.17) is 4.52 Å². The standard InChI is InChI=1S/C17H21N3O4S/c1-4-19-11-12-20(17(2,3)16(19)21)25(22,23)15-8-6-5-7-13(15)14-9-10-18-24-14/h5-10H,4,11-12H2,1-3H3. The summed E-state index contributed by atoms with van der Waals surface area (Å²) in [6, 6.07) is 8.20. The molecule has 8 heteroatoms. The summed E-state index contributed by atoms with van der Waals surface area (Å²) in [6.45, 7) is 6.36. The minimum Gasteiger partial charge on any atom is -0.356 e. The maximum atomic E-state index is 13.4. The fourth-order valence-electron chi connectivity index (χ4n) is 3.18. The number of carbonyl (C=O) groups is 1. The van der Waals surface area contributed by atoms with Gasteiger partial charge < -0.3 is 9.42 Å². The van der Waals surface area contributed by atoms with Crippen LogP contribution in [0.5, 0.6) is 0 Å². The number of carbonyl (C=O) groups excluding carboxylic acids is 1. The second-order valence-electron chi connectivity index (χ2n) is 6.39. The van der Waals surface area contributed by atoms with Crippen LogP contribution in [0.4, 0.5) is 0 Å². The van der Waals surface area contributed by atoms with Gasteiger partial charge >= 0.3 is 0 Å². The maximum absolute atomic E-state index is 13.4. The van der Waals surface area contributed by atoms with E-state index in [2.05, 4.69) is 5.16 Å². The third-order valence-corrected chi connectivity index (χ3v) is 6.68. The molecule has 0 unspecified atom stereocenters. The Morgan fingerprint density at radius 3 is 2.56 bits per heavy atom. The van der Waals surface area contributed by atoms with Crippen LogP contribution in [0.3, 0.4) is 0 Å². The molecule has 25 heavy (non-hydrogen) atoms. The Balaban J connectivity index is 2.08. The lowest BCUT2D eigenvalue weighted by Gasteiger charge is -2.44. The number of hydrogen-bond donors (Lipinski definition) is 0. The van der Waals surface area contributed by atoms with Crippen LogP contribution in [0, 0.1) is 0 Å². The fourth-order valence-corrected chi connectivity index (χ4v) is 5.11. The second kappa shape index (κ2) is 6.27. The third-order valence-electron chi connectivity index (χ3n) is 4.55. The highest BCUT2D eigenvalue weighted by Gasteiger charge is 2.48. The molecular formula is C17H21N3O4S. The molecule has 2 heterocycles. The van der Waals surface area contributed by atoms with Gasteiger partial charge in [0.05, 0.1) is 11.1 Å². The maximum Gasteiger partial charge on any atom is 0.244 e. The predicted molar refractivity (Wildman–Crippen MR) is 92.2 cm³/mol. The molecule has 0 spiro atoms. The van der Waals surface area contributed by atoms with Gasteiger partial charge in [0.15, 0.2) is 5.76 Å². The first-order chi connectivity index (χ1) is 11.8. The van der Waals surface area contributed by atoms with Gasteiger partial charge in [-0.3, -0.25) is 4.79 Å². The van der Waals surface area contributed by atoms with Gasteiger partial charge in [0.25, 0.3) is 0 Å². The molecule has 1 amide bonds. The number of aromatic nitrogens is 1. The van der Waals surface area contributed by atoms with E-state index in [0.717, 1.165) is 0 Å². The smallest absolute Gasteiger partial charge is 0.244 e. The summed E-state index contributed by atoms with van der Waals surface area (Å²) >= 11 is 0. The van der Waals surface area contributed by atoms with Gasteiger partial charge in [-0.15, -0.1) is 0 Å². The lowest BCUT2D eigenvalue weighted by atomic mass is 10.0. The Labute approximate surface area is 147 Å². The molecule has 0 N–H and O–H groups in total. The Morgan fingerprint density at radius 2 is 1.92 bits per heavy atom. The molecular weight excluding hydrogens is 342 g/mol. The highest BCUT2D eigenvalue weighted by molar-refractivity contribution is 7.89. The van der Waals surface area contributed by atoms with Crippen molar-refractivity contribution in [2.24, 2.45) is 0 Å². The Bertz CT molecular complexity index is 875. The van der Waals surface area contributed by atoms with Crippen LogP contribution < -0.4 is 0 Å². The van der Waals surface area contributed by atoms with E-state index in [9.17, 15) is 13.2 Å². The summed E-state index contributed by atoms with van der Waals surface area (Å²) in [4.78, 5) is 14.5. The molecule has 1 fully saturated rings. The van der Waals surface area contributed by atoms with Gasteiger partial charge in [-0.25, -0.2) is 8.42 Å². The number of amides is 1. The first-order valence-electron chi connectivity index (χ1n) is 8.12. The second-order valence-corrected chi connectivity index (χ2v) is 8.22. The monoisotopic (exact) mass is 363 g/mol. The first kappa shape index (κ1) is 17.6. The van der Waals surface area contributed by atoms with Gasteiger partial charge in [-0.05, 0) is 32.9 Å². The molecule has 0 bridgehead atoms. The van der Waals surface area contributed by atoms with Crippen LogP contribution in [-0.2, 0) is 14.8 Å². The number of piperazine rings is 1. The van der Waals surface area contributed by atoms with Crippen LogP contribution in [0.1, 0.15) is 20.8 Å². The Kier molecular flexibility index (Phi) is 4.42. The van der Waals surface area contributed by atoms with Crippen molar-refractivity contribution in [1.82, 2.24) is 14.4 Å². The lowest BCUT2D eigenvalue weighted by Crippen LogP contribution is -2.64. The molecule has 7 nitrogen and oxygen atoms in total. The minimum atomic E-state index is -3.89. The van der Waals surface area contributed by atoms with Crippen LogP contribution in [-0.4, -0.2) is 53.9 Å². The average Bonchev–Trinajstić information content (AvgIpc) is 3.11. The number of sulfonamides is 1. The predicted octanol–water partition coefficient (Wildman–Crippen LogP) is 1.97. The van der Waals surface area contributed by atoms with E-state index < -0.39 is 15.6 Å². The van der Waals surface area contributed by atoms with Crippen molar-refractivity contribution < 1.29 is 17.7 Å². The molecule has 0 saturated carbocycles. The molecule has 0 aliphatic carbocycles. The van der Waals surface area contributed by atoms with E-state index in [0.29, 0.717) is 24.4 Å². The molecule has 0 atom stereocenters. The summed E-state index contributed by atoms with van der Waals surface area (Å²) in [5, 5.41) is 3.65. The lowest BCUT2D eigenvalue weighted by molar-refractivity contribution is -0.144.